The number of benzene rings is 1. The fraction of sp³-hybridized carbons (Fsp3) is 0.333. The van der Waals surface area contributed by atoms with Crippen LogP contribution in [-0.4, -0.2) is 18.5 Å². The van der Waals surface area contributed by atoms with Crippen LogP contribution < -0.4 is 10.6 Å². The largest absolute Gasteiger partial charge is 0.376 e. The lowest BCUT2D eigenvalue weighted by molar-refractivity contribution is -0.119. The molecule has 1 aliphatic carbocycles. The Morgan fingerprint density at radius 1 is 1.53 bits per heavy atom. The maximum atomic E-state index is 13.2. The minimum absolute atomic E-state index is 0.00187. The van der Waals surface area contributed by atoms with Gasteiger partial charge in [-0.2, -0.15) is 5.26 Å². The maximum Gasteiger partial charge on any atom is 0.239 e. The minimum atomic E-state index is -0.583. The summed E-state index contributed by atoms with van der Waals surface area (Å²) in [7, 11) is 0. The van der Waals surface area contributed by atoms with Crippen LogP contribution in [0.5, 0.6) is 0 Å². The van der Waals surface area contributed by atoms with E-state index in [4.69, 9.17) is 5.26 Å². The Hall–Kier alpha value is -2.09. The van der Waals surface area contributed by atoms with Crippen LogP contribution in [0, 0.1) is 17.1 Å². The lowest BCUT2D eigenvalue weighted by Crippen LogP contribution is -2.31. The average molecular weight is 233 g/mol. The van der Waals surface area contributed by atoms with Crippen LogP contribution in [0.1, 0.15) is 18.4 Å². The molecule has 1 fully saturated rings. The highest BCUT2D eigenvalue weighted by Gasteiger charge is 2.22. The standard InChI is InChI=1S/C12H12FN3O/c13-11-5-10(2-1-8(11)6-14)15-7-12(17)16-9-3-4-9/h1-2,5,9,15H,3-4,7H2,(H,16,17). The Balaban J connectivity index is 1.88. The van der Waals surface area contributed by atoms with Gasteiger partial charge in [-0.25, -0.2) is 4.39 Å². The zero-order valence-corrected chi connectivity index (χ0v) is 9.16. The molecule has 0 aromatic heterocycles. The van der Waals surface area contributed by atoms with E-state index in [1.807, 2.05) is 0 Å². The molecule has 1 aliphatic rings. The first-order valence-electron chi connectivity index (χ1n) is 5.42. The summed E-state index contributed by atoms with van der Waals surface area (Å²) in [5, 5.41) is 14.2. The molecule has 17 heavy (non-hydrogen) atoms. The van der Waals surface area contributed by atoms with Crippen molar-refractivity contribution in [2.75, 3.05) is 11.9 Å². The number of carbonyl (C=O) groups is 1. The predicted molar refractivity (Wildman–Crippen MR) is 60.8 cm³/mol. The number of halogens is 1. The molecule has 0 bridgehead atoms. The molecule has 1 aromatic carbocycles. The number of amides is 1. The van der Waals surface area contributed by atoms with E-state index >= 15 is 0 Å². The normalized spacial score (nSPS) is 13.9. The number of rotatable bonds is 4. The van der Waals surface area contributed by atoms with Crippen molar-refractivity contribution in [1.29, 1.82) is 5.26 Å². The van der Waals surface area contributed by atoms with E-state index < -0.39 is 5.82 Å². The minimum Gasteiger partial charge on any atom is -0.376 e. The van der Waals surface area contributed by atoms with Gasteiger partial charge in [0, 0.05) is 11.7 Å². The predicted octanol–water partition coefficient (Wildman–Crippen LogP) is 1.39. The number of carbonyl (C=O) groups excluding carboxylic acids is 1. The van der Waals surface area contributed by atoms with E-state index in [0.717, 1.165) is 12.8 Å². The number of hydrogen-bond acceptors (Lipinski definition) is 3. The summed E-state index contributed by atoms with van der Waals surface area (Å²) >= 11 is 0. The third kappa shape index (κ3) is 3.18. The van der Waals surface area contributed by atoms with E-state index in [2.05, 4.69) is 10.6 Å². The van der Waals surface area contributed by atoms with E-state index in [9.17, 15) is 9.18 Å². The summed E-state index contributed by atoms with van der Waals surface area (Å²) in [6, 6.07) is 6.23. The lowest BCUT2D eigenvalue weighted by Gasteiger charge is -2.07. The Morgan fingerprint density at radius 2 is 2.29 bits per heavy atom. The third-order valence-corrected chi connectivity index (χ3v) is 2.49. The second kappa shape index (κ2) is 4.83. The monoisotopic (exact) mass is 233 g/mol. The molecule has 0 aliphatic heterocycles. The molecule has 4 nitrogen and oxygen atoms in total. The lowest BCUT2D eigenvalue weighted by atomic mass is 10.2. The SMILES string of the molecule is N#Cc1ccc(NCC(=O)NC2CC2)cc1F. The van der Waals surface area contributed by atoms with Gasteiger partial charge < -0.3 is 10.6 Å². The highest BCUT2D eigenvalue weighted by molar-refractivity contribution is 5.81. The Bertz CT molecular complexity index is 477. The van der Waals surface area contributed by atoms with Crippen molar-refractivity contribution in [1.82, 2.24) is 5.32 Å². The number of nitrogens with one attached hydrogen (secondary N) is 2. The van der Waals surface area contributed by atoms with Crippen LogP contribution in [0.15, 0.2) is 18.2 Å². The first-order valence-corrected chi connectivity index (χ1v) is 5.42. The fourth-order valence-corrected chi connectivity index (χ4v) is 1.40. The van der Waals surface area contributed by atoms with Crippen molar-refractivity contribution >= 4 is 11.6 Å². The van der Waals surface area contributed by atoms with Gasteiger partial charge in [0.25, 0.3) is 0 Å². The summed E-state index contributed by atoms with van der Waals surface area (Å²) in [6.45, 7) is 0.113. The van der Waals surface area contributed by atoms with Crippen LogP contribution in [0.3, 0.4) is 0 Å². The zero-order valence-electron chi connectivity index (χ0n) is 9.16. The molecule has 2 N–H and O–H groups in total. The van der Waals surface area contributed by atoms with E-state index in [1.165, 1.54) is 12.1 Å². The van der Waals surface area contributed by atoms with Gasteiger partial charge in [-0.15, -0.1) is 0 Å². The summed E-state index contributed by atoms with van der Waals surface area (Å²) in [4.78, 5) is 11.4. The molecule has 0 radical (unpaired) electrons. The second-order valence-corrected chi connectivity index (χ2v) is 4.00. The first-order chi connectivity index (χ1) is 8.19. The van der Waals surface area contributed by atoms with Gasteiger partial charge in [0.15, 0.2) is 0 Å². The van der Waals surface area contributed by atoms with Crippen LogP contribution in [0.2, 0.25) is 0 Å². The summed E-state index contributed by atoms with van der Waals surface area (Å²) in [5.74, 6) is -0.683. The van der Waals surface area contributed by atoms with Crippen LogP contribution in [-0.2, 0) is 4.79 Å². The number of nitriles is 1. The molecule has 88 valence electrons. The van der Waals surface area contributed by atoms with Gasteiger partial charge in [-0.3, -0.25) is 4.79 Å². The van der Waals surface area contributed by atoms with Crippen LogP contribution in [0.25, 0.3) is 0 Å². The third-order valence-electron chi connectivity index (χ3n) is 2.49. The quantitative estimate of drug-likeness (QED) is 0.825. The van der Waals surface area contributed by atoms with Gasteiger partial charge in [0.1, 0.15) is 11.9 Å². The number of anilines is 1. The van der Waals surface area contributed by atoms with Crippen molar-refractivity contribution in [3.63, 3.8) is 0 Å². The van der Waals surface area contributed by atoms with E-state index in [0.29, 0.717) is 11.7 Å². The molecule has 1 saturated carbocycles. The zero-order chi connectivity index (χ0) is 12.3. The summed E-state index contributed by atoms with van der Waals surface area (Å²) in [6.07, 6.45) is 2.08. The van der Waals surface area contributed by atoms with Crippen molar-refractivity contribution in [2.24, 2.45) is 0 Å². The summed E-state index contributed by atoms with van der Waals surface area (Å²) < 4.78 is 13.2. The van der Waals surface area contributed by atoms with Crippen LogP contribution >= 0.6 is 0 Å². The molecular formula is C12H12FN3O. The molecule has 0 unspecified atom stereocenters. The maximum absolute atomic E-state index is 13.2. The first kappa shape index (κ1) is 11.4. The summed E-state index contributed by atoms with van der Waals surface area (Å²) in [5.41, 5.74) is 0.491. The molecule has 2 rings (SSSR count). The molecule has 0 heterocycles. The molecular weight excluding hydrogens is 221 g/mol. The molecule has 1 aromatic rings. The number of nitrogens with zero attached hydrogens (tertiary/aromatic N) is 1. The fourth-order valence-electron chi connectivity index (χ4n) is 1.40. The van der Waals surface area contributed by atoms with Gasteiger partial charge in [-0.05, 0) is 31.0 Å². The average Bonchev–Trinajstić information content (AvgIpc) is 3.10. The Morgan fingerprint density at radius 3 is 2.88 bits per heavy atom. The second-order valence-electron chi connectivity index (χ2n) is 4.00. The topological polar surface area (TPSA) is 64.9 Å². The molecule has 1 amide bonds. The van der Waals surface area contributed by atoms with Gasteiger partial charge in [-0.1, -0.05) is 0 Å². The van der Waals surface area contributed by atoms with E-state index in [-0.39, 0.29) is 18.0 Å². The van der Waals surface area contributed by atoms with Crippen molar-refractivity contribution in [3.05, 3.63) is 29.6 Å². The van der Waals surface area contributed by atoms with Gasteiger partial charge in [0.05, 0.1) is 12.1 Å². The molecule has 0 atom stereocenters. The Labute approximate surface area is 98.4 Å². The molecule has 5 heteroatoms. The van der Waals surface area contributed by atoms with Crippen molar-refractivity contribution < 1.29 is 9.18 Å². The molecule has 0 saturated heterocycles. The highest BCUT2D eigenvalue weighted by atomic mass is 19.1. The van der Waals surface area contributed by atoms with Gasteiger partial charge in [0.2, 0.25) is 5.91 Å². The smallest absolute Gasteiger partial charge is 0.239 e. The van der Waals surface area contributed by atoms with E-state index in [1.54, 1.807) is 12.1 Å². The van der Waals surface area contributed by atoms with Crippen molar-refractivity contribution in [3.8, 4) is 6.07 Å². The van der Waals surface area contributed by atoms with Crippen LogP contribution in [0.4, 0.5) is 10.1 Å². The highest BCUT2D eigenvalue weighted by Crippen LogP contribution is 2.18. The number of hydrogen-bond donors (Lipinski definition) is 2. The van der Waals surface area contributed by atoms with Gasteiger partial charge >= 0.3 is 0 Å². The van der Waals surface area contributed by atoms with Crippen molar-refractivity contribution in [2.45, 2.75) is 18.9 Å². The molecule has 0 spiro atoms. The Kier molecular flexibility index (Phi) is 3.24.